The molecule has 2 aromatic rings. The fourth-order valence-corrected chi connectivity index (χ4v) is 3.84. The van der Waals surface area contributed by atoms with Gasteiger partial charge in [-0.1, -0.05) is 18.7 Å². The van der Waals surface area contributed by atoms with Crippen molar-refractivity contribution in [3.05, 3.63) is 54.6 Å². The van der Waals surface area contributed by atoms with Crippen LogP contribution >= 0.6 is 11.3 Å². The Morgan fingerprint density at radius 1 is 1.21 bits per heavy atom. The maximum absolute atomic E-state index is 12.8. The van der Waals surface area contributed by atoms with E-state index in [-0.39, 0.29) is 5.91 Å². The van der Waals surface area contributed by atoms with Crippen LogP contribution in [0.4, 0.5) is 0 Å². The van der Waals surface area contributed by atoms with Gasteiger partial charge in [0.05, 0.1) is 7.11 Å². The Hall–Kier alpha value is -2.64. The molecule has 7 heteroatoms. The molecule has 0 spiro atoms. The van der Waals surface area contributed by atoms with E-state index in [4.69, 9.17) is 9.47 Å². The maximum Gasteiger partial charge on any atom is 0.273 e. The highest BCUT2D eigenvalue weighted by molar-refractivity contribution is 7.13. The first-order valence-electron chi connectivity index (χ1n) is 9.16. The molecule has 0 aliphatic carbocycles. The minimum Gasteiger partial charge on any atom is -0.493 e. The van der Waals surface area contributed by atoms with Gasteiger partial charge in [0.2, 0.25) is 0 Å². The largest absolute Gasteiger partial charge is 0.493 e. The smallest absolute Gasteiger partial charge is 0.273 e. The summed E-state index contributed by atoms with van der Waals surface area (Å²) in [6, 6.07) is 5.64. The third-order valence-corrected chi connectivity index (χ3v) is 5.43. The zero-order valence-corrected chi connectivity index (χ0v) is 16.9. The molecule has 28 heavy (non-hydrogen) atoms. The van der Waals surface area contributed by atoms with Crippen LogP contribution in [0.15, 0.2) is 48.9 Å². The number of carbonyl (C=O) groups is 1. The summed E-state index contributed by atoms with van der Waals surface area (Å²) in [7, 11) is 1.60. The molecule has 1 saturated heterocycles. The van der Waals surface area contributed by atoms with E-state index in [2.05, 4.69) is 23.0 Å². The van der Waals surface area contributed by atoms with Crippen LogP contribution in [0.1, 0.15) is 10.5 Å². The van der Waals surface area contributed by atoms with Gasteiger partial charge in [0, 0.05) is 43.7 Å². The van der Waals surface area contributed by atoms with Crippen molar-refractivity contribution in [2.75, 3.05) is 46.4 Å². The number of hydrogen-bond acceptors (Lipinski definition) is 6. The van der Waals surface area contributed by atoms with E-state index in [1.807, 2.05) is 34.6 Å². The molecule has 0 atom stereocenters. The average Bonchev–Trinajstić information content (AvgIpc) is 3.22. The molecule has 148 valence electrons. The summed E-state index contributed by atoms with van der Waals surface area (Å²) in [5.41, 5.74) is 1.38. The van der Waals surface area contributed by atoms with Crippen LogP contribution in [0, 0.1) is 0 Å². The lowest BCUT2D eigenvalue weighted by Gasteiger charge is -2.33. The second-order valence-corrected chi connectivity index (χ2v) is 7.24. The lowest BCUT2D eigenvalue weighted by Crippen LogP contribution is -2.48. The van der Waals surface area contributed by atoms with Gasteiger partial charge in [-0.3, -0.25) is 9.69 Å². The van der Waals surface area contributed by atoms with Crippen LogP contribution in [0.3, 0.4) is 0 Å². The molecule has 1 aromatic heterocycles. The van der Waals surface area contributed by atoms with Crippen molar-refractivity contribution in [3.63, 3.8) is 0 Å². The summed E-state index contributed by atoms with van der Waals surface area (Å²) >= 11 is 1.45. The normalized spacial score (nSPS) is 14.5. The predicted octanol–water partition coefficient (Wildman–Crippen LogP) is 3.33. The van der Waals surface area contributed by atoms with Crippen LogP contribution < -0.4 is 9.47 Å². The first-order valence-corrected chi connectivity index (χ1v) is 10.0. The van der Waals surface area contributed by atoms with Gasteiger partial charge in [-0.15, -0.1) is 17.9 Å². The number of ether oxygens (including phenoxy) is 2. The first kappa shape index (κ1) is 20.1. The lowest BCUT2D eigenvalue weighted by molar-refractivity contribution is 0.0645. The molecule has 1 aliphatic rings. The van der Waals surface area contributed by atoms with Gasteiger partial charge in [0.15, 0.2) is 11.5 Å². The van der Waals surface area contributed by atoms with Gasteiger partial charge in [-0.05, 0) is 18.2 Å². The Kier molecular flexibility index (Phi) is 6.84. The van der Waals surface area contributed by atoms with Crippen molar-refractivity contribution in [1.82, 2.24) is 14.8 Å². The molecule has 1 aromatic carbocycles. The van der Waals surface area contributed by atoms with Crippen molar-refractivity contribution < 1.29 is 14.3 Å². The Morgan fingerprint density at radius 2 is 2.00 bits per heavy atom. The Balaban J connectivity index is 1.70. The van der Waals surface area contributed by atoms with Crippen molar-refractivity contribution in [1.29, 1.82) is 0 Å². The topological polar surface area (TPSA) is 54.9 Å². The molecule has 1 amide bonds. The van der Waals surface area contributed by atoms with Crippen LogP contribution in [0.2, 0.25) is 0 Å². The number of hydrogen-bond donors (Lipinski definition) is 0. The summed E-state index contributed by atoms with van der Waals surface area (Å²) in [6.07, 6.45) is 3.58. The van der Waals surface area contributed by atoms with Crippen molar-refractivity contribution in [3.8, 4) is 22.1 Å². The van der Waals surface area contributed by atoms with E-state index in [1.54, 1.807) is 13.2 Å². The summed E-state index contributed by atoms with van der Waals surface area (Å²) in [5.74, 6) is 1.26. The van der Waals surface area contributed by atoms with E-state index in [0.717, 1.165) is 30.2 Å². The van der Waals surface area contributed by atoms with Crippen molar-refractivity contribution in [2.24, 2.45) is 0 Å². The number of nitrogens with zero attached hydrogens (tertiary/aromatic N) is 3. The Labute approximate surface area is 169 Å². The number of aromatic nitrogens is 1. The number of piperazine rings is 1. The molecule has 0 N–H and O–H groups in total. The zero-order chi connectivity index (χ0) is 19.9. The second kappa shape index (κ2) is 9.52. The van der Waals surface area contributed by atoms with Gasteiger partial charge < -0.3 is 14.4 Å². The molecule has 3 rings (SSSR count). The summed E-state index contributed by atoms with van der Waals surface area (Å²) in [6.45, 7) is 11.8. The van der Waals surface area contributed by atoms with Gasteiger partial charge >= 0.3 is 0 Å². The highest BCUT2D eigenvalue weighted by Crippen LogP contribution is 2.34. The van der Waals surface area contributed by atoms with Crippen LogP contribution in [0.5, 0.6) is 11.5 Å². The Morgan fingerprint density at radius 3 is 2.68 bits per heavy atom. The van der Waals surface area contributed by atoms with Gasteiger partial charge in [0.1, 0.15) is 17.3 Å². The minimum absolute atomic E-state index is 0.0151. The minimum atomic E-state index is -0.0151. The number of thiazole rings is 1. The van der Waals surface area contributed by atoms with E-state index in [1.165, 1.54) is 11.3 Å². The lowest BCUT2D eigenvalue weighted by atomic mass is 10.2. The zero-order valence-electron chi connectivity index (χ0n) is 16.1. The number of amides is 1. The molecular formula is C21H25N3O3S. The van der Waals surface area contributed by atoms with Gasteiger partial charge in [-0.25, -0.2) is 4.98 Å². The SMILES string of the molecule is C=CCOc1ccc(-c2nc(C(=O)N3CCN(CC=C)CC3)cs2)cc1OC. The first-order chi connectivity index (χ1) is 13.7. The van der Waals surface area contributed by atoms with Crippen molar-refractivity contribution >= 4 is 17.2 Å². The summed E-state index contributed by atoms with van der Waals surface area (Å²) in [5, 5.41) is 2.60. The monoisotopic (exact) mass is 399 g/mol. The third-order valence-electron chi connectivity index (χ3n) is 4.54. The molecule has 1 fully saturated rings. The highest BCUT2D eigenvalue weighted by atomic mass is 32.1. The summed E-state index contributed by atoms with van der Waals surface area (Å²) < 4.78 is 11.0. The molecule has 0 saturated carbocycles. The molecule has 0 unspecified atom stereocenters. The molecule has 2 heterocycles. The van der Waals surface area contributed by atoms with Crippen LogP contribution in [-0.2, 0) is 0 Å². The number of carbonyl (C=O) groups excluding carboxylic acids is 1. The Bertz CT molecular complexity index is 841. The van der Waals surface area contributed by atoms with E-state index < -0.39 is 0 Å². The molecule has 6 nitrogen and oxygen atoms in total. The standard InChI is InChI=1S/C21H25N3O3S/c1-4-8-23-9-11-24(12-10-23)21(25)17-15-28-20(22-17)16-6-7-18(27-13-5-2)19(14-16)26-3/h4-7,14-15H,1-2,8-13H2,3H3. The van der Waals surface area contributed by atoms with Gasteiger partial charge in [-0.2, -0.15) is 0 Å². The van der Waals surface area contributed by atoms with Crippen LogP contribution in [0.25, 0.3) is 10.6 Å². The fourth-order valence-electron chi connectivity index (χ4n) is 3.05. The van der Waals surface area contributed by atoms with Crippen molar-refractivity contribution in [2.45, 2.75) is 0 Å². The molecule has 0 radical (unpaired) electrons. The fraction of sp³-hybridized carbons (Fsp3) is 0.333. The molecule has 0 bridgehead atoms. The highest BCUT2D eigenvalue weighted by Gasteiger charge is 2.23. The third kappa shape index (κ3) is 4.61. The average molecular weight is 400 g/mol. The predicted molar refractivity (Wildman–Crippen MR) is 112 cm³/mol. The summed E-state index contributed by atoms with van der Waals surface area (Å²) in [4.78, 5) is 21.5. The second-order valence-electron chi connectivity index (χ2n) is 6.38. The number of rotatable bonds is 8. The molecule has 1 aliphatic heterocycles. The number of methoxy groups -OCH3 is 1. The van der Waals surface area contributed by atoms with E-state index in [9.17, 15) is 4.79 Å². The van der Waals surface area contributed by atoms with E-state index in [0.29, 0.717) is 36.9 Å². The van der Waals surface area contributed by atoms with Gasteiger partial charge in [0.25, 0.3) is 5.91 Å². The molecular weight excluding hydrogens is 374 g/mol. The quantitative estimate of drug-likeness (QED) is 0.638. The number of benzene rings is 1. The van der Waals surface area contributed by atoms with E-state index >= 15 is 0 Å². The maximum atomic E-state index is 12.8. The van der Waals surface area contributed by atoms with Crippen LogP contribution in [-0.4, -0.2) is 67.1 Å².